The summed E-state index contributed by atoms with van der Waals surface area (Å²) < 4.78 is 23.9. The zero-order chi connectivity index (χ0) is 29.9. The molecule has 11 atom stereocenters. The molecule has 2 aliphatic heterocycles. The molecule has 0 spiro atoms. The lowest BCUT2D eigenvalue weighted by Gasteiger charge is -2.45. The number of nitrogens with one attached hydrogen (secondary N) is 1. The number of esters is 1. The second-order valence-electron chi connectivity index (χ2n) is 11.8. The summed E-state index contributed by atoms with van der Waals surface area (Å²) in [6.45, 7) is 13.3. The van der Waals surface area contributed by atoms with Crippen molar-refractivity contribution in [1.29, 1.82) is 0 Å². The number of rotatable bonds is 5. The maximum atomic E-state index is 13.7. The highest BCUT2D eigenvalue weighted by Crippen LogP contribution is 2.37. The number of Topliss-reactive ketones (excluding diaryl/α,β-unsaturated/α-hetero) is 2. The Morgan fingerprint density at radius 1 is 1.15 bits per heavy atom. The van der Waals surface area contributed by atoms with Gasteiger partial charge in [0.1, 0.15) is 23.7 Å². The second-order valence-corrected chi connectivity index (χ2v) is 11.8. The molecule has 0 bridgehead atoms. The fourth-order valence-corrected chi connectivity index (χ4v) is 5.91. The van der Waals surface area contributed by atoms with Gasteiger partial charge in [0.2, 0.25) is 0 Å². The lowest BCUT2D eigenvalue weighted by atomic mass is 9.77. The van der Waals surface area contributed by atoms with Crippen LogP contribution in [0.15, 0.2) is 11.6 Å². The summed E-state index contributed by atoms with van der Waals surface area (Å²) in [7, 11) is 3.22. The van der Waals surface area contributed by atoms with Crippen LogP contribution in [0.3, 0.4) is 0 Å². The van der Waals surface area contributed by atoms with Gasteiger partial charge in [-0.25, -0.2) is 0 Å². The molecule has 10 nitrogen and oxygen atoms in total. The van der Waals surface area contributed by atoms with E-state index < -0.39 is 65.3 Å². The topological polar surface area (TPSA) is 141 Å². The maximum absolute atomic E-state index is 13.7. The number of ketones is 2. The van der Waals surface area contributed by atoms with Crippen LogP contribution >= 0.6 is 0 Å². The number of methoxy groups -OCH3 is 1. The number of likely N-dealkylation sites (N-methyl/N-ethyl adjacent to an activating group) is 1. The molecule has 2 heterocycles. The van der Waals surface area contributed by atoms with Crippen LogP contribution in [0.4, 0.5) is 0 Å². The van der Waals surface area contributed by atoms with Crippen LogP contribution < -0.4 is 5.32 Å². The number of hydrogen-bond acceptors (Lipinski definition) is 10. The lowest BCUT2D eigenvalue weighted by molar-refractivity contribution is -0.290. The number of aliphatic hydroxyl groups excluding tert-OH is 1. The number of carbonyl (C=O) groups is 3. The molecule has 0 aromatic heterocycles. The minimum Gasteiger partial charge on any atom is -0.458 e. The first-order valence-corrected chi connectivity index (χ1v) is 13.9. The highest BCUT2D eigenvalue weighted by atomic mass is 16.7. The SMILES string of the molecule is CC[C@H]1OC(=O)[C@H](C)C(=O)[C@H](C)[C@@H](O[C@@H]2O[C@H](C)C[C@H](NC)[C@H]2O)[C@](C)(OC)C[C@@H](C)C(=O)C(C)=C[C@]1(C)O. The summed E-state index contributed by atoms with van der Waals surface area (Å²) in [5, 5.41) is 25.2. The highest BCUT2D eigenvalue weighted by molar-refractivity contribution is 6.00. The van der Waals surface area contributed by atoms with Crippen LogP contribution in [0.2, 0.25) is 0 Å². The van der Waals surface area contributed by atoms with E-state index in [1.54, 1.807) is 41.7 Å². The largest absolute Gasteiger partial charge is 0.458 e. The fraction of sp³-hybridized carbons (Fsp3) is 0.828. The molecule has 1 fully saturated rings. The number of hydrogen-bond donors (Lipinski definition) is 3. The Morgan fingerprint density at radius 2 is 1.77 bits per heavy atom. The van der Waals surface area contributed by atoms with Crippen molar-refractivity contribution < 1.29 is 43.5 Å². The third-order valence-electron chi connectivity index (χ3n) is 8.38. The van der Waals surface area contributed by atoms with Gasteiger partial charge in [0.05, 0.1) is 17.8 Å². The van der Waals surface area contributed by atoms with Crippen molar-refractivity contribution in [3.63, 3.8) is 0 Å². The van der Waals surface area contributed by atoms with Gasteiger partial charge in [-0.3, -0.25) is 14.4 Å². The quantitative estimate of drug-likeness (QED) is 0.342. The lowest BCUT2D eigenvalue weighted by Crippen LogP contribution is -2.59. The predicted molar refractivity (Wildman–Crippen MR) is 145 cm³/mol. The molecule has 0 saturated carbocycles. The number of carbonyl (C=O) groups excluding carboxylic acids is 3. The van der Waals surface area contributed by atoms with Gasteiger partial charge in [-0.2, -0.15) is 0 Å². The summed E-state index contributed by atoms with van der Waals surface area (Å²) in [6.07, 6.45) is -1.84. The van der Waals surface area contributed by atoms with Gasteiger partial charge in [-0.05, 0) is 72.6 Å². The molecule has 0 amide bonds. The highest BCUT2D eigenvalue weighted by Gasteiger charge is 2.49. The molecular formula is C29H49NO9. The molecular weight excluding hydrogens is 506 g/mol. The Hall–Kier alpha value is -1.69. The number of allylic oxidation sites excluding steroid dienone is 1. The second kappa shape index (κ2) is 13.3. The van der Waals surface area contributed by atoms with Gasteiger partial charge >= 0.3 is 5.97 Å². The standard InChI is InChI=1S/C29H49NO9/c1-11-21-28(7,35)13-15(2)22(31)16(3)14-29(8,36-10)25(18(5)23(32)19(6)26(34)38-21)39-27-24(33)20(30-9)12-17(4)37-27/h13,16-21,24-25,27,30,33,35H,11-12,14H2,1-10H3/t16-,17-,18+,19-,20+,21-,24-,25-,27+,28+,29-/m1/s1. The van der Waals surface area contributed by atoms with E-state index >= 15 is 0 Å². The summed E-state index contributed by atoms with van der Waals surface area (Å²) in [5.41, 5.74) is -2.48. The molecule has 2 rings (SSSR count). The van der Waals surface area contributed by atoms with Crippen molar-refractivity contribution in [1.82, 2.24) is 5.32 Å². The molecule has 0 radical (unpaired) electrons. The number of ether oxygens (including phenoxy) is 4. The monoisotopic (exact) mass is 555 g/mol. The van der Waals surface area contributed by atoms with Crippen LogP contribution in [0.5, 0.6) is 0 Å². The minimum atomic E-state index is -1.62. The van der Waals surface area contributed by atoms with E-state index in [2.05, 4.69) is 5.32 Å². The normalized spacial score (nSPS) is 43.4. The van der Waals surface area contributed by atoms with Crippen LogP contribution in [-0.2, 0) is 33.3 Å². The summed E-state index contributed by atoms with van der Waals surface area (Å²) in [4.78, 5) is 40.2. The van der Waals surface area contributed by atoms with Crippen molar-refractivity contribution in [2.24, 2.45) is 17.8 Å². The van der Waals surface area contributed by atoms with E-state index in [0.717, 1.165) is 0 Å². The van der Waals surface area contributed by atoms with Gasteiger partial charge in [0, 0.05) is 25.0 Å². The summed E-state index contributed by atoms with van der Waals surface area (Å²) in [5.74, 6) is -4.09. The van der Waals surface area contributed by atoms with Crippen LogP contribution in [0.1, 0.15) is 74.7 Å². The van der Waals surface area contributed by atoms with Crippen molar-refractivity contribution in [3.8, 4) is 0 Å². The zero-order valence-electron chi connectivity index (χ0n) is 25.1. The molecule has 224 valence electrons. The van der Waals surface area contributed by atoms with E-state index in [1.165, 1.54) is 27.0 Å². The van der Waals surface area contributed by atoms with Crippen LogP contribution in [0, 0.1) is 17.8 Å². The smallest absolute Gasteiger partial charge is 0.316 e. The molecule has 2 aliphatic rings. The Morgan fingerprint density at radius 3 is 2.31 bits per heavy atom. The summed E-state index contributed by atoms with van der Waals surface area (Å²) >= 11 is 0. The molecule has 39 heavy (non-hydrogen) atoms. The van der Waals surface area contributed by atoms with Gasteiger partial charge in [-0.15, -0.1) is 0 Å². The van der Waals surface area contributed by atoms with E-state index in [1.807, 2.05) is 6.92 Å². The third-order valence-corrected chi connectivity index (χ3v) is 8.38. The van der Waals surface area contributed by atoms with Gasteiger partial charge in [0.15, 0.2) is 17.9 Å². The molecule has 0 aliphatic carbocycles. The van der Waals surface area contributed by atoms with E-state index in [9.17, 15) is 24.6 Å². The molecule has 3 N–H and O–H groups in total. The molecule has 0 aromatic carbocycles. The van der Waals surface area contributed by atoms with E-state index in [4.69, 9.17) is 18.9 Å². The van der Waals surface area contributed by atoms with Gasteiger partial charge in [0.25, 0.3) is 0 Å². The number of aliphatic hydroxyl groups is 2. The first-order chi connectivity index (χ1) is 18.0. The van der Waals surface area contributed by atoms with E-state index in [-0.39, 0.29) is 30.8 Å². The maximum Gasteiger partial charge on any atom is 0.316 e. The van der Waals surface area contributed by atoms with Crippen molar-refractivity contribution in [2.45, 2.75) is 123 Å². The molecule has 1 saturated heterocycles. The Bertz CT molecular complexity index is 918. The first-order valence-electron chi connectivity index (χ1n) is 13.9. The fourth-order valence-electron chi connectivity index (χ4n) is 5.91. The third kappa shape index (κ3) is 7.54. The average Bonchev–Trinajstić information content (AvgIpc) is 2.88. The molecule has 0 aromatic rings. The molecule has 0 unspecified atom stereocenters. The summed E-state index contributed by atoms with van der Waals surface area (Å²) in [6, 6.07) is -0.293. The molecule has 10 heteroatoms. The average molecular weight is 556 g/mol. The first kappa shape index (κ1) is 33.5. The Labute approximate surface area is 232 Å². The predicted octanol–water partition coefficient (Wildman–Crippen LogP) is 2.33. The zero-order valence-corrected chi connectivity index (χ0v) is 25.1. The van der Waals surface area contributed by atoms with Gasteiger partial charge < -0.3 is 34.5 Å². The van der Waals surface area contributed by atoms with E-state index in [0.29, 0.717) is 12.0 Å². The number of cyclic esters (lactones) is 1. The Kier molecular flexibility index (Phi) is 11.4. The van der Waals surface area contributed by atoms with Crippen molar-refractivity contribution in [2.75, 3.05) is 14.2 Å². The van der Waals surface area contributed by atoms with Crippen molar-refractivity contribution >= 4 is 17.5 Å². The van der Waals surface area contributed by atoms with Crippen LogP contribution in [0.25, 0.3) is 0 Å². The van der Waals surface area contributed by atoms with Crippen molar-refractivity contribution in [3.05, 3.63) is 11.6 Å². The minimum absolute atomic E-state index is 0.168. The Balaban J connectivity index is 2.61. The van der Waals surface area contributed by atoms with Crippen LogP contribution in [-0.4, -0.2) is 89.9 Å². The van der Waals surface area contributed by atoms with Gasteiger partial charge in [-0.1, -0.05) is 20.8 Å².